The van der Waals surface area contributed by atoms with E-state index in [9.17, 15) is 15.0 Å². The fourth-order valence-electron chi connectivity index (χ4n) is 2.97. The average molecular weight is 401 g/mol. The zero-order valence-electron chi connectivity index (χ0n) is 15.5. The number of amides is 1. The first-order valence-electron chi connectivity index (χ1n) is 8.78. The van der Waals surface area contributed by atoms with Crippen molar-refractivity contribution in [3.05, 3.63) is 52.7 Å². The normalized spacial score (nSPS) is 10.8. The van der Waals surface area contributed by atoms with E-state index < -0.39 is 0 Å². The lowest BCUT2D eigenvalue weighted by Gasteiger charge is -2.10. The van der Waals surface area contributed by atoms with E-state index in [0.717, 1.165) is 23.7 Å². The number of hydrogen-bond donors (Lipinski definition) is 5. The lowest BCUT2D eigenvalue weighted by molar-refractivity contribution is 0.0951. The van der Waals surface area contributed by atoms with E-state index in [1.165, 1.54) is 6.07 Å². The monoisotopic (exact) mass is 400 g/mol. The van der Waals surface area contributed by atoms with Gasteiger partial charge in [-0.1, -0.05) is 35.9 Å². The van der Waals surface area contributed by atoms with Gasteiger partial charge in [0.15, 0.2) is 0 Å². The predicted octanol–water partition coefficient (Wildman–Crippen LogP) is 3.28. The van der Waals surface area contributed by atoms with E-state index in [2.05, 4.69) is 20.8 Å². The predicted molar refractivity (Wildman–Crippen MR) is 109 cm³/mol. The number of phenolic OH excluding ortho intramolecular Hbond substituents is 2. The Morgan fingerprint density at radius 1 is 1.18 bits per heavy atom. The van der Waals surface area contributed by atoms with Crippen LogP contribution in [0.5, 0.6) is 11.5 Å². The largest absolute Gasteiger partial charge is 0.507 e. The van der Waals surface area contributed by atoms with Gasteiger partial charge in [-0.2, -0.15) is 5.10 Å². The van der Waals surface area contributed by atoms with Crippen LogP contribution in [0.1, 0.15) is 23.0 Å². The number of rotatable bonds is 6. The van der Waals surface area contributed by atoms with Gasteiger partial charge in [0, 0.05) is 30.3 Å². The minimum absolute atomic E-state index is 0.0747. The molecule has 0 bridgehead atoms. The topological polar surface area (TPSA) is 110 Å². The number of carbonyl (C=O) groups excluding carboxylic acids is 1. The van der Waals surface area contributed by atoms with Crippen molar-refractivity contribution in [3.63, 3.8) is 0 Å². The Balaban J connectivity index is 2.19. The Kier molecular flexibility index (Phi) is 5.87. The molecule has 0 aliphatic heterocycles. The molecule has 0 saturated heterocycles. The van der Waals surface area contributed by atoms with E-state index in [4.69, 9.17) is 11.6 Å². The fraction of sp³-hybridized carbons (Fsp3) is 0.200. The first-order chi connectivity index (χ1) is 13.5. The van der Waals surface area contributed by atoms with Crippen molar-refractivity contribution in [1.82, 2.24) is 20.8 Å². The summed E-state index contributed by atoms with van der Waals surface area (Å²) in [6.07, 6.45) is 0. The van der Waals surface area contributed by atoms with Crippen LogP contribution in [0.15, 0.2) is 36.4 Å². The highest BCUT2D eigenvalue weighted by molar-refractivity contribution is 6.32. The Labute approximate surface area is 167 Å². The summed E-state index contributed by atoms with van der Waals surface area (Å²) in [7, 11) is 1.87. The number of aromatic amines is 1. The molecule has 0 fully saturated rings. The second kappa shape index (κ2) is 8.33. The first kappa shape index (κ1) is 19.7. The molecule has 5 N–H and O–H groups in total. The number of hydrogen-bond acceptors (Lipinski definition) is 5. The first-order valence-corrected chi connectivity index (χ1v) is 9.16. The molecule has 7 nitrogen and oxygen atoms in total. The number of halogens is 1. The quantitative estimate of drug-likeness (QED) is 0.436. The van der Waals surface area contributed by atoms with Gasteiger partial charge in [0.2, 0.25) is 0 Å². The van der Waals surface area contributed by atoms with Crippen LogP contribution in [0, 0.1) is 0 Å². The third-order valence-electron chi connectivity index (χ3n) is 4.27. The molecule has 3 rings (SSSR count). The summed E-state index contributed by atoms with van der Waals surface area (Å²) in [5, 5.41) is 33.0. The highest BCUT2D eigenvalue weighted by Gasteiger charge is 2.24. The van der Waals surface area contributed by atoms with E-state index in [-0.39, 0.29) is 28.1 Å². The summed E-state index contributed by atoms with van der Waals surface area (Å²) < 4.78 is 0. The lowest BCUT2D eigenvalue weighted by Crippen LogP contribution is -2.23. The molecule has 0 saturated carbocycles. The summed E-state index contributed by atoms with van der Waals surface area (Å²) in [5.41, 5.74) is 3.34. The third kappa shape index (κ3) is 3.81. The molecule has 0 unspecified atom stereocenters. The van der Waals surface area contributed by atoms with Gasteiger partial charge in [-0.05, 0) is 31.2 Å². The van der Waals surface area contributed by atoms with Gasteiger partial charge in [-0.15, -0.1) is 0 Å². The van der Waals surface area contributed by atoms with Gasteiger partial charge < -0.3 is 20.8 Å². The van der Waals surface area contributed by atoms with E-state index in [1.807, 2.05) is 38.2 Å². The summed E-state index contributed by atoms with van der Waals surface area (Å²) in [4.78, 5) is 12.5. The van der Waals surface area contributed by atoms with Gasteiger partial charge in [0.05, 0.1) is 5.02 Å². The third-order valence-corrected chi connectivity index (χ3v) is 4.58. The second-order valence-electron chi connectivity index (χ2n) is 6.23. The maximum Gasteiger partial charge on any atom is 0.269 e. The van der Waals surface area contributed by atoms with Gasteiger partial charge in [-0.25, -0.2) is 0 Å². The Morgan fingerprint density at radius 3 is 2.54 bits per heavy atom. The molecule has 28 heavy (non-hydrogen) atoms. The lowest BCUT2D eigenvalue weighted by atomic mass is 9.97. The minimum Gasteiger partial charge on any atom is -0.507 e. The highest BCUT2D eigenvalue weighted by Crippen LogP contribution is 2.41. The van der Waals surface area contributed by atoms with Crippen molar-refractivity contribution >= 4 is 17.5 Å². The van der Waals surface area contributed by atoms with Crippen molar-refractivity contribution in [2.24, 2.45) is 0 Å². The number of aromatic hydroxyl groups is 2. The molecule has 1 heterocycles. The molecule has 0 spiro atoms. The SMILES string of the molecule is CCNC(=O)c1[nH]nc(-c2cc(Cl)c(O)cc2O)c1-c1ccc(CNC)cc1. The number of H-pyrrole nitrogens is 1. The number of phenols is 2. The van der Waals surface area contributed by atoms with Crippen molar-refractivity contribution < 1.29 is 15.0 Å². The molecule has 2 aromatic carbocycles. The molecular weight excluding hydrogens is 380 g/mol. The van der Waals surface area contributed by atoms with Crippen LogP contribution in [-0.2, 0) is 6.54 Å². The summed E-state index contributed by atoms with van der Waals surface area (Å²) in [6, 6.07) is 10.3. The average Bonchev–Trinajstić information content (AvgIpc) is 3.10. The maximum absolute atomic E-state index is 12.5. The Hall–Kier alpha value is -3.03. The van der Waals surface area contributed by atoms with Crippen LogP contribution in [0.2, 0.25) is 5.02 Å². The molecule has 0 radical (unpaired) electrons. The van der Waals surface area contributed by atoms with Gasteiger partial charge in [-0.3, -0.25) is 9.89 Å². The number of carbonyl (C=O) groups is 1. The van der Waals surface area contributed by atoms with Crippen molar-refractivity contribution in [1.29, 1.82) is 0 Å². The van der Waals surface area contributed by atoms with Gasteiger partial charge >= 0.3 is 0 Å². The fourth-order valence-corrected chi connectivity index (χ4v) is 3.13. The van der Waals surface area contributed by atoms with E-state index in [0.29, 0.717) is 23.4 Å². The van der Waals surface area contributed by atoms with E-state index >= 15 is 0 Å². The van der Waals surface area contributed by atoms with Crippen molar-refractivity contribution in [3.8, 4) is 33.9 Å². The minimum atomic E-state index is -0.306. The molecule has 3 aromatic rings. The highest BCUT2D eigenvalue weighted by atomic mass is 35.5. The Bertz CT molecular complexity index is 999. The molecule has 0 aliphatic carbocycles. The summed E-state index contributed by atoms with van der Waals surface area (Å²) >= 11 is 6.02. The van der Waals surface area contributed by atoms with Crippen LogP contribution in [0.25, 0.3) is 22.4 Å². The second-order valence-corrected chi connectivity index (χ2v) is 6.64. The summed E-state index contributed by atoms with van der Waals surface area (Å²) in [6.45, 7) is 3.01. The standard InChI is InChI=1S/C20H21ClN4O3/c1-3-23-20(28)19-17(12-6-4-11(5-7-12)10-22-2)18(24-25-19)13-8-14(21)16(27)9-15(13)26/h4-9,22,26-27H,3,10H2,1-2H3,(H,23,28)(H,24,25). The van der Waals surface area contributed by atoms with Crippen molar-refractivity contribution in [2.45, 2.75) is 13.5 Å². The number of benzene rings is 2. The van der Waals surface area contributed by atoms with Crippen LogP contribution in [-0.4, -0.2) is 39.9 Å². The molecular formula is C20H21ClN4O3. The van der Waals surface area contributed by atoms with Gasteiger partial charge in [0.1, 0.15) is 22.9 Å². The maximum atomic E-state index is 12.5. The zero-order valence-corrected chi connectivity index (χ0v) is 16.3. The molecule has 0 aliphatic rings. The van der Waals surface area contributed by atoms with Gasteiger partial charge in [0.25, 0.3) is 5.91 Å². The van der Waals surface area contributed by atoms with Crippen LogP contribution < -0.4 is 10.6 Å². The van der Waals surface area contributed by atoms with Crippen molar-refractivity contribution in [2.75, 3.05) is 13.6 Å². The molecule has 146 valence electrons. The van der Waals surface area contributed by atoms with Crippen LogP contribution in [0.3, 0.4) is 0 Å². The van der Waals surface area contributed by atoms with Crippen LogP contribution >= 0.6 is 11.6 Å². The number of aromatic nitrogens is 2. The Morgan fingerprint density at radius 2 is 1.89 bits per heavy atom. The van der Waals surface area contributed by atoms with Crippen LogP contribution in [0.4, 0.5) is 0 Å². The molecule has 1 aromatic heterocycles. The smallest absolute Gasteiger partial charge is 0.269 e. The molecule has 1 amide bonds. The number of nitrogens with one attached hydrogen (secondary N) is 3. The zero-order chi connectivity index (χ0) is 20.3. The molecule has 0 atom stereocenters. The number of nitrogens with zero attached hydrogens (tertiary/aromatic N) is 1. The van der Waals surface area contributed by atoms with E-state index in [1.54, 1.807) is 0 Å². The summed E-state index contributed by atoms with van der Waals surface area (Å²) in [5.74, 6) is -0.732. The molecule has 8 heteroatoms.